The highest BCUT2D eigenvalue weighted by molar-refractivity contribution is 5.90. The summed E-state index contributed by atoms with van der Waals surface area (Å²) >= 11 is 0. The van der Waals surface area contributed by atoms with Gasteiger partial charge < -0.3 is 10.2 Å². The van der Waals surface area contributed by atoms with Crippen molar-refractivity contribution in [3.05, 3.63) is 46.5 Å². The molecule has 2 aliphatic rings. The smallest absolute Gasteiger partial charge is 0.320 e. The summed E-state index contributed by atoms with van der Waals surface area (Å²) in [7, 11) is 1.87. The molecule has 2 amide bonds. The standard InChI is InChI=1S/C18H21FN4O/c1-11-7-14(19)8-13-5-6-23(9-15(11)13)18(24)20-16-10-22(2)21-17(16)12-3-4-12/h7-8,10,12H,3-6,9H2,1-2H3,(H,20,24). The number of nitrogens with one attached hydrogen (secondary N) is 1. The Bertz CT molecular complexity index is 810. The van der Waals surface area contributed by atoms with Crippen LogP contribution in [0, 0.1) is 12.7 Å². The van der Waals surface area contributed by atoms with Gasteiger partial charge in [-0.15, -0.1) is 0 Å². The van der Waals surface area contributed by atoms with Crippen LogP contribution in [0.5, 0.6) is 0 Å². The fourth-order valence-electron chi connectivity index (χ4n) is 3.44. The summed E-state index contributed by atoms with van der Waals surface area (Å²) in [4.78, 5) is 14.5. The predicted octanol–water partition coefficient (Wildman–Crippen LogP) is 3.34. The number of fused-ring (bicyclic) bond motifs is 1. The number of rotatable bonds is 2. The van der Waals surface area contributed by atoms with E-state index < -0.39 is 0 Å². The monoisotopic (exact) mass is 328 g/mol. The number of benzene rings is 1. The third-order valence-corrected chi connectivity index (χ3v) is 4.88. The highest BCUT2D eigenvalue weighted by atomic mass is 19.1. The zero-order chi connectivity index (χ0) is 16.8. The normalized spacial score (nSPS) is 16.9. The van der Waals surface area contributed by atoms with Gasteiger partial charge in [0.15, 0.2) is 0 Å². The Morgan fingerprint density at radius 2 is 2.17 bits per heavy atom. The molecule has 5 nitrogen and oxygen atoms in total. The fraction of sp³-hybridized carbons (Fsp3) is 0.444. The summed E-state index contributed by atoms with van der Waals surface area (Å²) in [5, 5.41) is 7.49. The Morgan fingerprint density at radius 3 is 2.92 bits per heavy atom. The first kappa shape index (κ1) is 15.2. The van der Waals surface area contributed by atoms with E-state index in [0.717, 1.165) is 40.9 Å². The van der Waals surface area contributed by atoms with Gasteiger partial charge in [-0.2, -0.15) is 5.10 Å². The number of hydrogen-bond donors (Lipinski definition) is 1. The fourth-order valence-corrected chi connectivity index (χ4v) is 3.44. The largest absolute Gasteiger partial charge is 0.322 e. The van der Waals surface area contributed by atoms with E-state index in [1.165, 1.54) is 6.07 Å². The maximum Gasteiger partial charge on any atom is 0.322 e. The van der Waals surface area contributed by atoms with Crippen molar-refractivity contribution in [3.63, 3.8) is 0 Å². The van der Waals surface area contributed by atoms with Crippen molar-refractivity contribution >= 4 is 11.7 Å². The second-order valence-electron chi connectivity index (χ2n) is 6.84. The first-order valence-corrected chi connectivity index (χ1v) is 8.38. The van der Waals surface area contributed by atoms with Gasteiger partial charge in [0.1, 0.15) is 5.82 Å². The molecule has 1 aliphatic carbocycles. The van der Waals surface area contributed by atoms with Crippen LogP contribution in [-0.2, 0) is 20.0 Å². The zero-order valence-corrected chi connectivity index (χ0v) is 14.0. The van der Waals surface area contributed by atoms with E-state index in [1.807, 2.05) is 20.2 Å². The van der Waals surface area contributed by atoms with Crippen molar-refractivity contribution in [2.75, 3.05) is 11.9 Å². The minimum Gasteiger partial charge on any atom is -0.320 e. The molecule has 0 atom stereocenters. The van der Waals surface area contributed by atoms with Gasteiger partial charge in [-0.25, -0.2) is 9.18 Å². The summed E-state index contributed by atoms with van der Waals surface area (Å²) < 4.78 is 15.3. The van der Waals surface area contributed by atoms with E-state index in [1.54, 1.807) is 15.6 Å². The van der Waals surface area contributed by atoms with Crippen molar-refractivity contribution in [1.82, 2.24) is 14.7 Å². The third-order valence-electron chi connectivity index (χ3n) is 4.88. The molecule has 0 spiro atoms. The number of halogens is 1. The second-order valence-corrected chi connectivity index (χ2v) is 6.84. The number of anilines is 1. The van der Waals surface area contributed by atoms with Gasteiger partial charge >= 0.3 is 6.03 Å². The van der Waals surface area contributed by atoms with Crippen molar-refractivity contribution in [2.24, 2.45) is 7.05 Å². The number of aromatic nitrogens is 2. The summed E-state index contributed by atoms with van der Waals surface area (Å²) in [5.74, 6) is 0.280. The molecule has 1 fully saturated rings. The van der Waals surface area contributed by atoms with E-state index in [2.05, 4.69) is 10.4 Å². The second kappa shape index (κ2) is 5.61. The number of aryl methyl sites for hydroxylation is 2. The molecule has 0 saturated heterocycles. The van der Waals surface area contributed by atoms with Crippen LogP contribution in [-0.4, -0.2) is 27.3 Å². The number of nitrogens with zero attached hydrogens (tertiary/aromatic N) is 3. The summed E-state index contributed by atoms with van der Waals surface area (Å²) in [6.45, 7) is 3.02. The number of hydrogen-bond acceptors (Lipinski definition) is 2. The maximum atomic E-state index is 13.5. The van der Waals surface area contributed by atoms with Crippen LogP contribution in [0.1, 0.15) is 41.1 Å². The number of carbonyl (C=O) groups is 1. The number of urea groups is 1. The first-order chi connectivity index (χ1) is 11.5. The summed E-state index contributed by atoms with van der Waals surface area (Å²) in [6.07, 6.45) is 4.83. The highest BCUT2D eigenvalue weighted by Crippen LogP contribution is 2.42. The minimum atomic E-state index is -0.200. The molecular weight excluding hydrogens is 307 g/mol. The third kappa shape index (κ3) is 2.77. The molecule has 0 radical (unpaired) electrons. The van der Waals surface area contributed by atoms with Crippen LogP contribution >= 0.6 is 0 Å². The maximum absolute atomic E-state index is 13.5. The lowest BCUT2D eigenvalue weighted by Gasteiger charge is -2.30. The Kier molecular flexibility index (Phi) is 3.55. The molecule has 24 heavy (non-hydrogen) atoms. The van der Waals surface area contributed by atoms with Gasteiger partial charge in [0, 0.05) is 32.3 Å². The van der Waals surface area contributed by atoms with Crippen LogP contribution in [0.25, 0.3) is 0 Å². The Labute approximate surface area is 140 Å². The van der Waals surface area contributed by atoms with Gasteiger partial charge in [-0.05, 0) is 55.0 Å². The van der Waals surface area contributed by atoms with E-state index in [4.69, 9.17) is 0 Å². The quantitative estimate of drug-likeness (QED) is 0.919. The average molecular weight is 328 g/mol. The Morgan fingerprint density at radius 1 is 1.38 bits per heavy atom. The minimum absolute atomic E-state index is 0.112. The molecule has 4 rings (SSSR count). The zero-order valence-electron chi connectivity index (χ0n) is 14.0. The molecule has 1 saturated carbocycles. The topological polar surface area (TPSA) is 50.2 Å². The number of carbonyl (C=O) groups excluding carboxylic acids is 1. The van der Waals surface area contributed by atoms with Crippen LogP contribution in [0.15, 0.2) is 18.3 Å². The molecule has 0 unspecified atom stereocenters. The van der Waals surface area contributed by atoms with Crippen molar-refractivity contribution in [2.45, 2.75) is 38.6 Å². The van der Waals surface area contributed by atoms with Gasteiger partial charge in [0.05, 0.1) is 11.4 Å². The lowest BCUT2D eigenvalue weighted by Crippen LogP contribution is -2.39. The summed E-state index contributed by atoms with van der Waals surface area (Å²) in [5.41, 5.74) is 4.78. The molecule has 1 aliphatic heterocycles. The van der Waals surface area contributed by atoms with Gasteiger partial charge in [-0.3, -0.25) is 4.68 Å². The van der Waals surface area contributed by atoms with E-state index in [9.17, 15) is 9.18 Å². The van der Waals surface area contributed by atoms with Crippen molar-refractivity contribution < 1.29 is 9.18 Å². The molecule has 1 N–H and O–H groups in total. The molecule has 6 heteroatoms. The lowest BCUT2D eigenvalue weighted by atomic mass is 9.95. The lowest BCUT2D eigenvalue weighted by molar-refractivity contribution is 0.206. The van der Waals surface area contributed by atoms with Gasteiger partial charge in [0.25, 0.3) is 0 Å². The SMILES string of the molecule is Cc1cc(F)cc2c1CN(C(=O)Nc1cn(C)nc1C1CC1)CC2. The molecule has 0 bridgehead atoms. The first-order valence-electron chi connectivity index (χ1n) is 8.38. The van der Waals surface area contributed by atoms with Crippen LogP contribution in [0.2, 0.25) is 0 Å². The summed E-state index contributed by atoms with van der Waals surface area (Å²) in [6, 6.07) is 3.01. The Balaban J connectivity index is 1.52. The molecule has 1 aromatic carbocycles. The van der Waals surface area contributed by atoms with Crippen LogP contribution in [0.4, 0.5) is 14.9 Å². The van der Waals surface area contributed by atoms with E-state index >= 15 is 0 Å². The van der Waals surface area contributed by atoms with Crippen molar-refractivity contribution in [1.29, 1.82) is 0 Å². The highest BCUT2D eigenvalue weighted by Gasteiger charge is 2.30. The van der Waals surface area contributed by atoms with Gasteiger partial charge in [-0.1, -0.05) is 0 Å². The predicted molar refractivity (Wildman–Crippen MR) is 89.5 cm³/mol. The molecule has 126 valence electrons. The van der Waals surface area contributed by atoms with Crippen molar-refractivity contribution in [3.8, 4) is 0 Å². The van der Waals surface area contributed by atoms with Gasteiger partial charge in [0.2, 0.25) is 0 Å². The average Bonchev–Trinajstić information content (AvgIpc) is 3.31. The molecule has 2 aromatic rings. The van der Waals surface area contributed by atoms with Crippen LogP contribution < -0.4 is 5.32 Å². The molecule has 1 aromatic heterocycles. The van der Waals surface area contributed by atoms with Crippen LogP contribution in [0.3, 0.4) is 0 Å². The molecular formula is C18H21FN4O. The van der Waals surface area contributed by atoms with E-state index in [0.29, 0.717) is 25.4 Å². The Hall–Kier alpha value is -2.37. The van der Waals surface area contributed by atoms with E-state index in [-0.39, 0.29) is 11.8 Å². The molecule has 2 heterocycles. The number of amides is 2.